The molecule has 0 aliphatic carbocycles. The average molecular weight is 292 g/mol. The molecule has 1 atom stereocenters. The van der Waals surface area contributed by atoms with Gasteiger partial charge in [0, 0.05) is 6.54 Å². The van der Waals surface area contributed by atoms with Crippen molar-refractivity contribution in [1.29, 1.82) is 0 Å². The molecule has 0 aromatic carbocycles. The molecular formula is C12H19Cl2N3O. The van der Waals surface area contributed by atoms with Gasteiger partial charge in [0.25, 0.3) is 0 Å². The highest BCUT2D eigenvalue weighted by Crippen LogP contribution is 2.31. The molecule has 3 N–H and O–H groups in total. The second-order valence-electron chi connectivity index (χ2n) is 4.70. The number of hydrogen-bond acceptors (Lipinski definition) is 4. The summed E-state index contributed by atoms with van der Waals surface area (Å²) in [6.07, 6.45) is -0.548. The molecule has 0 spiro atoms. The van der Waals surface area contributed by atoms with Crippen molar-refractivity contribution in [3.05, 3.63) is 16.1 Å². The van der Waals surface area contributed by atoms with Gasteiger partial charge < -0.3 is 15.7 Å². The zero-order valence-corrected chi connectivity index (χ0v) is 12.5. The molecule has 4 nitrogen and oxygen atoms in total. The summed E-state index contributed by atoms with van der Waals surface area (Å²) >= 11 is 12.1. The van der Waals surface area contributed by atoms with E-state index in [2.05, 4.69) is 15.6 Å². The maximum atomic E-state index is 9.68. The molecule has 1 rings (SSSR count). The fraction of sp³-hybridized carbons (Fsp3) is 0.583. The third kappa shape index (κ3) is 3.64. The molecule has 0 saturated heterocycles. The molecule has 1 aromatic heterocycles. The minimum Gasteiger partial charge on any atom is -0.391 e. The average Bonchev–Trinajstić information content (AvgIpc) is 2.24. The van der Waals surface area contributed by atoms with Gasteiger partial charge in [-0.05, 0) is 33.8 Å². The standard InChI is InChI=1S/C12H19Cl2N3O/c1-5-15-10-8(13)6-9(14)11(16-10)17-12(3,4)7(2)18/h6-7,18H,5H2,1-4H3,(H2,15,16,17). The van der Waals surface area contributed by atoms with Crippen molar-refractivity contribution >= 4 is 34.8 Å². The Hall–Kier alpha value is -0.710. The van der Waals surface area contributed by atoms with Gasteiger partial charge in [0.2, 0.25) is 0 Å². The van der Waals surface area contributed by atoms with Crippen molar-refractivity contribution in [3.63, 3.8) is 0 Å². The third-order valence-electron chi connectivity index (χ3n) is 2.76. The third-order valence-corrected chi connectivity index (χ3v) is 3.33. The zero-order valence-electron chi connectivity index (χ0n) is 11.0. The van der Waals surface area contributed by atoms with E-state index in [0.717, 1.165) is 0 Å². The van der Waals surface area contributed by atoms with Crippen molar-refractivity contribution in [1.82, 2.24) is 4.98 Å². The first-order chi connectivity index (χ1) is 8.27. The van der Waals surface area contributed by atoms with Crippen LogP contribution < -0.4 is 10.6 Å². The van der Waals surface area contributed by atoms with Gasteiger partial charge in [-0.15, -0.1) is 0 Å². The number of aliphatic hydroxyl groups is 1. The summed E-state index contributed by atoms with van der Waals surface area (Å²) in [5.41, 5.74) is -0.534. The van der Waals surface area contributed by atoms with E-state index < -0.39 is 11.6 Å². The lowest BCUT2D eigenvalue weighted by Crippen LogP contribution is -2.42. The van der Waals surface area contributed by atoms with E-state index in [1.54, 1.807) is 13.0 Å². The maximum Gasteiger partial charge on any atom is 0.147 e. The lowest BCUT2D eigenvalue weighted by Gasteiger charge is -2.30. The van der Waals surface area contributed by atoms with E-state index in [-0.39, 0.29) is 0 Å². The molecule has 1 heterocycles. The van der Waals surface area contributed by atoms with Crippen molar-refractivity contribution in [2.45, 2.75) is 39.3 Å². The molecular weight excluding hydrogens is 273 g/mol. The van der Waals surface area contributed by atoms with E-state index in [4.69, 9.17) is 23.2 Å². The predicted molar refractivity (Wildman–Crippen MR) is 77.8 cm³/mol. The molecule has 0 aliphatic rings. The summed E-state index contributed by atoms with van der Waals surface area (Å²) < 4.78 is 0. The van der Waals surface area contributed by atoms with Crippen LogP contribution in [-0.4, -0.2) is 28.3 Å². The number of anilines is 2. The van der Waals surface area contributed by atoms with Gasteiger partial charge in [-0.3, -0.25) is 0 Å². The maximum absolute atomic E-state index is 9.68. The SMILES string of the molecule is CCNc1nc(NC(C)(C)C(C)O)c(Cl)cc1Cl. The van der Waals surface area contributed by atoms with Crippen LogP contribution in [0, 0.1) is 0 Å². The molecule has 0 fully saturated rings. The normalized spacial score (nSPS) is 13.3. The van der Waals surface area contributed by atoms with E-state index in [9.17, 15) is 5.11 Å². The van der Waals surface area contributed by atoms with Crippen molar-refractivity contribution in [2.75, 3.05) is 17.2 Å². The number of pyridine rings is 1. The van der Waals surface area contributed by atoms with Gasteiger partial charge in [0.1, 0.15) is 11.6 Å². The number of aliphatic hydroxyl groups excluding tert-OH is 1. The molecule has 0 amide bonds. The lowest BCUT2D eigenvalue weighted by molar-refractivity contribution is 0.133. The molecule has 1 unspecified atom stereocenters. The molecule has 0 aliphatic heterocycles. The molecule has 0 radical (unpaired) electrons. The Morgan fingerprint density at radius 2 is 1.89 bits per heavy atom. The number of nitrogens with one attached hydrogen (secondary N) is 2. The number of rotatable bonds is 5. The fourth-order valence-corrected chi connectivity index (χ4v) is 1.73. The highest BCUT2D eigenvalue weighted by Gasteiger charge is 2.25. The van der Waals surface area contributed by atoms with Crippen LogP contribution in [0.1, 0.15) is 27.7 Å². The second-order valence-corrected chi connectivity index (χ2v) is 5.52. The summed E-state index contributed by atoms with van der Waals surface area (Å²) in [4.78, 5) is 4.33. The number of aromatic nitrogens is 1. The molecule has 102 valence electrons. The first-order valence-corrected chi connectivity index (χ1v) is 6.59. The molecule has 18 heavy (non-hydrogen) atoms. The van der Waals surface area contributed by atoms with Crippen molar-refractivity contribution < 1.29 is 5.11 Å². The minimum absolute atomic E-state index is 0.426. The number of halogens is 2. The summed E-state index contributed by atoms with van der Waals surface area (Å²) in [7, 11) is 0. The fourth-order valence-electron chi connectivity index (χ4n) is 1.26. The van der Waals surface area contributed by atoms with Gasteiger partial charge >= 0.3 is 0 Å². The van der Waals surface area contributed by atoms with E-state index >= 15 is 0 Å². The Morgan fingerprint density at radius 1 is 1.33 bits per heavy atom. The predicted octanol–water partition coefficient (Wildman–Crippen LogP) is 3.39. The van der Waals surface area contributed by atoms with Crippen LogP contribution in [0.2, 0.25) is 10.0 Å². The van der Waals surface area contributed by atoms with Crippen LogP contribution in [0.4, 0.5) is 11.6 Å². The molecule has 0 saturated carbocycles. The van der Waals surface area contributed by atoms with Crippen LogP contribution in [0.5, 0.6) is 0 Å². The Morgan fingerprint density at radius 3 is 2.39 bits per heavy atom. The van der Waals surface area contributed by atoms with Crippen molar-refractivity contribution in [2.24, 2.45) is 0 Å². The summed E-state index contributed by atoms with van der Waals surface area (Å²) in [6, 6.07) is 1.63. The van der Waals surface area contributed by atoms with Crippen LogP contribution in [0.25, 0.3) is 0 Å². The Bertz CT molecular complexity index is 422. The molecule has 6 heteroatoms. The Labute approximate surface area is 118 Å². The number of hydrogen-bond donors (Lipinski definition) is 3. The zero-order chi connectivity index (χ0) is 13.9. The van der Waals surface area contributed by atoms with E-state index in [0.29, 0.717) is 28.2 Å². The summed E-state index contributed by atoms with van der Waals surface area (Å²) in [5, 5.41) is 16.8. The second kappa shape index (κ2) is 5.95. The summed E-state index contributed by atoms with van der Waals surface area (Å²) in [5.74, 6) is 1.08. The highest BCUT2D eigenvalue weighted by molar-refractivity contribution is 6.37. The first-order valence-electron chi connectivity index (χ1n) is 5.84. The highest BCUT2D eigenvalue weighted by atomic mass is 35.5. The summed E-state index contributed by atoms with van der Waals surface area (Å²) in [6.45, 7) is 8.13. The minimum atomic E-state index is -0.548. The van der Waals surface area contributed by atoms with Crippen molar-refractivity contribution in [3.8, 4) is 0 Å². The van der Waals surface area contributed by atoms with Gasteiger partial charge in [0.05, 0.1) is 21.7 Å². The van der Waals surface area contributed by atoms with Gasteiger partial charge in [0.15, 0.2) is 0 Å². The molecule has 1 aromatic rings. The van der Waals surface area contributed by atoms with E-state index in [1.165, 1.54) is 0 Å². The number of nitrogens with zero attached hydrogens (tertiary/aromatic N) is 1. The van der Waals surface area contributed by atoms with Crippen LogP contribution in [-0.2, 0) is 0 Å². The Balaban J connectivity index is 3.05. The van der Waals surface area contributed by atoms with Gasteiger partial charge in [-0.25, -0.2) is 4.98 Å². The lowest BCUT2D eigenvalue weighted by atomic mass is 9.99. The van der Waals surface area contributed by atoms with Crippen LogP contribution >= 0.6 is 23.2 Å². The topological polar surface area (TPSA) is 57.2 Å². The Kier molecular flexibility index (Phi) is 5.08. The smallest absolute Gasteiger partial charge is 0.147 e. The molecule has 0 bridgehead atoms. The van der Waals surface area contributed by atoms with Gasteiger partial charge in [-0.1, -0.05) is 23.2 Å². The monoisotopic (exact) mass is 291 g/mol. The van der Waals surface area contributed by atoms with Crippen LogP contribution in [0.15, 0.2) is 6.07 Å². The van der Waals surface area contributed by atoms with Gasteiger partial charge in [-0.2, -0.15) is 0 Å². The van der Waals surface area contributed by atoms with Crippen LogP contribution in [0.3, 0.4) is 0 Å². The first kappa shape index (κ1) is 15.3. The quantitative estimate of drug-likeness (QED) is 0.778. The largest absolute Gasteiger partial charge is 0.391 e. The van der Waals surface area contributed by atoms with E-state index in [1.807, 2.05) is 20.8 Å².